The summed E-state index contributed by atoms with van der Waals surface area (Å²) in [6.45, 7) is 0. The molecule has 9 aromatic carbocycles. The average Bonchev–Trinajstić information content (AvgIpc) is 3.91. The Morgan fingerprint density at radius 2 is 0.855 bits per heavy atom. The number of fused-ring (bicyclic) bond motifs is 7. The maximum Gasteiger partial charge on any atom is 0.166 e. The second kappa shape index (κ2) is 14.7. The second-order valence-corrected chi connectivity index (χ2v) is 15.6. The molecule has 0 atom stereocenters. The first-order valence-corrected chi connectivity index (χ1v) is 20.9. The molecule has 0 fully saturated rings. The van der Waals surface area contributed by atoms with Crippen LogP contribution in [0.2, 0.25) is 0 Å². The highest BCUT2D eigenvalue weighted by Crippen LogP contribution is 2.44. The fourth-order valence-electron chi connectivity index (χ4n) is 8.95. The van der Waals surface area contributed by atoms with Gasteiger partial charge in [-0.3, -0.25) is 0 Å². The fraction of sp³-hybridized carbons (Fsp3) is 0. The number of rotatable bonds is 7. The largest absolute Gasteiger partial charge is 0.454 e. The lowest BCUT2D eigenvalue weighted by Crippen LogP contribution is -2.04. The molecule has 3 heterocycles. The van der Waals surface area contributed by atoms with E-state index in [9.17, 15) is 0 Å². The van der Waals surface area contributed by atoms with Crippen LogP contribution in [0.25, 0.3) is 117 Å². The highest BCUT2D eigenvalue weighted by molar-refractivity contribution is 6.21. The molecule has 0 unspecified atom stereocenters. The van der Waals surface area contributed by atoms with E-state index in [1.54, 1.807) is 0 Å². The van der Waals surface area contributed by atoms with Crippen LogP contribution in [0.3, 0.4) is 0 Å². The SMILES string of the molecule is c1ccc(-c2ccc(-c3ccccc3)c(-c3ccc(-n4c5ccccc5c5ccc6c7ccccc7oc6c54)c(-c4nc(-c5ccccc5)nc(-c5ccccc5)n4)c3)c2)cc1. The van der Waals surface area contributed by atoms with Crippen molar-refractivity contribution in [3.63, 3.8) is 0 Å². The summed E-state index contributed by atoms with van der Waals surface area (Å²) in [6.07, 6.45) is 0. The molecule has 12 rings (SSSR count). The van der Waals surface area contributed by atoms with Gasteiger partial charge in [-0.05, 0) is 69.8 Å². The van der Waals surface area contributed by atoms with Crippen LogP contribution in [0.4, 0.5) is 0 Å². The van der Waals surface area contributed by atoms with Crippen LogP contribution >= 0.6 is 0 Å². The van der Waals surface area contributed by atoms with Crippen molar-refractivity contribution in [1.29, 1.82) is 0 Å². The van der Waals surface area contributed by atoms with Crippen molar-refractivity contribution >= 4 is 43.7 Å². The molecule has 0 spiro atoms. The van der Waals surface area contributed by atoms with Crippen molar-refractivity contribution in [3.8, 4) is 73.2 Å². The Morgan fingerprint density at radius 1 is 0.323 bits per heavy atom. The molecule has 62 heavy (non-hydrogen) atoms. The van der Waals surface area contributed by atoms with Gasteiger partial charge in [0.05, 0.1) is 16.7 Å². The van der Waals surface area contributed by atoms with E-state index in [0.29, 0.717) is 17.5 Å². The van der Waals surface area contributed by atoms with Crippen molar-refractivity contribution in [2.45, 2.75) is 0 Å². The van der Waals surface area contributed by atoms with E-state index >= 15 is 0 Å². The van der Waals surface area contributed by atoms with Gasteiger partial charge >= 0.3 is 0 Å². The topological polar surface area (TPSA) is 56.7 Å². The van der Waals surface area contributed by atoms with Gasteiger partial charge in [0.15, 0.2) is 23.1 Å². The zero-order chi connectivity index (χ0) is 41.0. The summed E-state index contributed by atoms with van der Waals surface area (Å²) >= 11 is 0. The predicted octanol–water partition coefficient (Wildman–Crippen LogP) is 14.9. The molecule has 0 bridgehead atoms. The first-order chi connectivity index (χ1) is 30.7. The van der Waals surface area contributed by atoms with Crippen LogP contribution in [0.1, 0.15) is 0 Å². The van der Waals surface area contributed by atoms with E-state index in [2.05, 4.69) is 174 Å². The summed E-state index contributed by atoms with van der Waals surface area (Å²) in [6, 6.07) is 76.3. The minimum absolute atomic E-state index is 0.567. The van der Waals surface area contributed by atoms with E-state index < -0.39 is 0 Å². The van der Waals surface area contributed by atoms with Crippen LogP contribution in [-0.4, -0.2) is 19.5 Å². The third kappa shape index (κ3) is 5.98. The minimum Gasteiger partial charge on any atom is -0.454 e. The minimum atomic E-state index is 0.567. The maximum absolute atomic E-state index is 6.81. The Kier molecular flexibility index (Phi) is 8.42. The van der Waals surface area contributed by atoms with Crippen LogP contribution in [0.15, 0.2) is 223 Å². The van der Waals surface area contributed by atoms with Crippen LogP contribution in [0, 0.1) is 0 Å². The van der Waals surface area contributed by atoms with Crippen molar-refractivity contribution in [1.82, 2.24) is 19.5 Å². The summed E-state index contributed by atoms with van der Waals surface area (Å²) in [5.74, 6) is 1.77. The summed E-state index contributed by atoms with van der Waals surface area (Å²) in [4.78, 5) is 15.8. The summed E-state index contributed by atoms with van der Waals surface area (Å²) in [5, 5.41) is 4.39. The molecule has 0 amide bonds. The lowest BCUT2D eigenvalue weighted by atomic mass is 9.90. The van der Waals surface area contributed by atoms with Gasteiger partial charge in [0.25, 0.3) is 0 Å². The summed E-state index contributed by atoms with van der Waals surface area (Å²) in [5.41, 5.74) is 14.1. The molecular weight excluding hydrogens is 757 g/mol. The van der Waals surface area contributed by atoms with Crippen LogP contribution < -0.4 is 0 Å². The van der Waals surface area contributed by atoms with Crippen molar-refractivity contribution in [2.24, 2.45) is 0 Å². The van der Waals surface area contributed by atoms with E-state index in [4.69, 9.17) is 19.4 Å². The molecule has 0 aliphatic rings. The van der Waals surface area contributed by atoms with E-state index in [-0.39, 0.29) is 0 Å². The van der Waals surface area contributed by atoms with E-state index in [0.717, 1.165) is 99.5 Å². The van der Waals surface area contributed by atoms with Crippen molar-refractivity contribution < 1.29 is 4.42 Å². The highest BCUT2D eigenvalue weighted by Gasteiger charge is 2.24. The molecule has 0 saturated carbocycles. The van der Waals surface area contributed by atoms with Gasteiger partial charge in [0.1, 0.15) is 5.58 Å². The van der Waals surface area contributed by atoms with Crippen molar-refractivity contribution in [3.05, 3.63) is 218 Å². The molecule has 0 aliphatic heterocycles. The van der Waals surface area contributed by atoms with Gasteiger partial charge in [-0.2, -0.15) is 0 Å². The molecule has 5 nitrogen and oxygen atoms in total. The molecular formula is C57H36N4O. The van der Waals surface area contributed by atoms with Gasteiger partial charge in [0, 0.05) is 38.2 Å². The quantitative estimate of drug-likeness (QED) is 0.161. The Morgan fingerprint density at radius 3 is 1.55 bits per heavy atom. The Balaban J connectivity index is 1.20. The number of hydrogen-bond donors (Lipinski definition) is 0. The Labute approximate surface area is 357 Å². The molecule has 3 aromatic heterocycles. The standard InChI is InChI=1S/C57H36N4O/c1-5-17-37(18-6-1)41-29-31-43(38-19-7-2-8-20-38)48(35-41)42-30-34-51(49(36-42)57-59-55(39-21-9-3-10-22-39)58-56(60-57)40-23-11-4-12-24-40)61-50-27-15-13-25-44(50)46-32-33-47-45-26-14-16-28-52(45)62-54(47)53(46)61/h1-36H. The number of furan rings is 1. The van der Waals surface area contributed by atoms with Gasteiger partial charge in [-0.25, -0.2) is 15.0 Å². The van der Waals surface area contributed by atoms with Gasteiger partial charge < -0.3 is 8.98 Å². The summed E-state index contributed by atoms with van der Waals surface area (Å²) in [7, 11) is 0. The lowest BCUT2D eigenvalue weighted by Gasteiger charge is -2.18. The fourth-order valence-corrected chi connectivity index (χ4v) is 8.95. The lowest BCUT2D eigenvalue weighted by molar-refractivity contribution is 0.671. The monoisotopic (exact) mass is 792 g/mol. The molecule has 12 aromatic rings. The molecule has 5 heteroatoms. The first-order valence-electron chi connectivity index (χ1n) is 20.9. The number of nitrogens with zero attached hydrogens (tertiary/aromatic N) is 4. The zero-order valence-electron chi connectivity index (χ0n) is 33.5. The third-order valence-corrected chi connectivity index (χ3v) is 11.9. The van der Waals surface area contributed by atoms with E-state index in [1.807, 2.05) is 48.5 Å². The van der Waals surface area contributed by atoms with Crippen LogP contribution in [0.5, 0.6) is 0 Å². The smallest absolute Gasteiger partial charge is 0.166 e. The Bertz CT molecular complexity index is 3560. The van der Waals surface area contributed by atoms with Crippen molar-refractivity contribution in [2.75, 3.05) is 0 Å². The molecule has 0 saturated heterocycles. The summed E-state index contributed by atoms with van der Waals surface area (Å²) < 4.78 is 9.16. The van der Waals surface area contributed by atoms with E-state index in [1.165, 1.54) is 0 Å². The second-order valence-electron chi connectivity index (χ2n) is 15.6. The highest BCUT2D eigenvalue weighted by atomic mass is 16.3. The number of para-hydroxylation sites is 2. The zero-order valence-corrected chi connectivity index (χ0v) is 33.5. The number of benzene rings is 9. The third-order valence-electron chi connectivity index (χ3n) is 11.9. The normalized spacial score (nSPS) is 11.5. The number of hydrogen-bond acceptors (Lipinski definition) is 4. The first kappa shape index (κ1) is 35.5. The van der Waals surface area contributed by atoms with Gasteiger partial charge in [-0.1, -0.05) is 182 Å². The van der Waals surface area contributed by atoms with Gasteiger partial charge in [-0.15, -0.1) is 0 Å². The molecule has 0 aliphatic carbocycles. The molecule has 0 radical (unpaired) electrons. The van der Waals surface area contributed by atoms with Crippen LogP contribution in [-0.2, 0) is 0 Å². The predicted molar refractivity (Wildman–Crippen MR) is 254 cm³/mol. The maximum atomic E-state index is 6.81. The Hall–Kier alpha value is -8.41. The average molecular weight is 793 g/mol. The molecule has 0 N–H and O–H groups in total. The molecule has 290 valence electrons. The number of aromatic nitrogens is 4. The van der Waals surface area contributed by atoms with Gasteiger partial charge in [0.2, 0.25) is 0 Å².